The van der Waals surface area contributed by atoms with Gasteiger partial charge in [-0.05, 0) is 42.3 Å². The van der Waals surface area contributed by atoms with Crippen LogP contribution in [0.3, 0.4) is 0 Å². The van der Waals surface area contributed by atoms with Crippen molar-refractivity contribution in [3.63, 3.8) is 0 Å². The van der Waals surface area contributed by atoms with Gasteiger partial charge in [0.05, 0.1) is 4.90 Å². The summed E-state index contributed by atoms with van der Waals surface area (Å²) in [6.45, 7) is 0. The first-order valence-corrected chi connectivity index (χ1v) is 7.56. The number of nitroso groups, excluding NO2 is 1. The summed E-state index contributed by atoms with van der Waals surface area (Å²) < 4.78 is 26.9. The van der Waals surface area contributed by atoms with Crippen LogP contribution in [0.1, 0.15) is 32.1 Å². The van der Waals surface area contributed by atoms with E-state index in [1.54, 1.807) is 0 Å². The van der Waals surface area contributed by atoms with E-state index in [-0.39, 0.29) is 16.6 Å². The molecule has 0 amide bonds. The first-order chi connectivity index (χ1) is 8.62. The smallest absolute Gasteiger partial charge is 0.208 e. The number of benzene rings is 1. The minimum atomic E-state index is -3.48. The van der Waals surface area contributed by atoms with E-state index in [0.717, 1.165) is 25.7 Å². The minimum Gasteiger partial charge on any atom is -0.208 e. The molecule has 1 fully saturated rings. The molecule has 0 saturated heterocycles. The molecule has 0 atom stereocenters. The predicted octanol–water partition coefficient (Wildman–Crippen LogP) is 2.70. The van der Waals surface area contributed by atoms with Crippen molar-refractivity contribution in [3.8, 4) is 0 Å². The molecule has 1 N–H and O–H groups in total. The third-order valence-corrected chi connectivity index (χ3v) is 4.72. The summed E-state index contributed by atoms with van der Waals surface area (Å²) in [7, 11) is -3.48. The molecule has 0 unspecified atom stereocenters. The fourth-order valence-corrected chi connectivity index (χ4v) is 3.50. The van der Waals surface area contributed by atoms with E-state index >= 15 is 0 Å². The van der Waals surface area contributed by atoms with Gasteiger partial charge in [0.2, 0.25) is 10.0 Å². The molecule has 0 spiro atoms. The molecule has 98 valence electrons. The van der Waals surface area contributed by atoms with Crippen molar-refractivity contribution < 1.29 is 8.42 Å². The minimum absolute atomic E-state index is 0.0348. The summed E-state index contributed by atoms with van der Waals surface area (Å²) in [4.78, 5) is 10.5. The summed E-state index contributed by atoms with van der Waals surface area (Å²) in [6, 6.07) is 5.65. The van der Waals surface area contributed by atoms with Gasteiger partial charge in [-0.2, -0.15) is 0 Å². The Balaban J connectivity index is 2.11. The van der Waals surface area contributed by atoms with Crippen LogP contribution < -0.4 is 4.72 Å². The van der Waals surface area contributed by atoms with Gasteiger partial charge in [0, 0.05) is 6.04 Å². The van der Waals surface area contributed by atoms with E-state index in [1.165, 1.54) is 30.7 Å². The average Bonchev–Trinajstić information content (AvgIpc) is 2.39. The van der Waals surface area contributed by atoms with E-state index in [1.807, 2.05) is 0 Å². The second-order valence-corrected chi connectivity index (χ2v) is 6.26. The maximum absolute atomic E-state index is 12.1. The number of hydrogen-bond donors (Lipinski definition) is 1. The monoisotopic (exact) mass is 268 g/mol. The quantitative estimate of drug-likeness (QED) is 0.853. The molecule has 6 heteroatoms. The third kappa shape index (κ3) is 3.14. The van der Waals surface area contributed by atoms with Crippen molar-refractivity contribution in [3.05, 3.63) is 29.2 Å². The van der Waals surface area contributed by atoms with E-state index < -0.39 is 10.0 Å². The van der Waals surface area contributed by atoms with Crippen molar-refractivity contribution in [2.75, 3.05) is 0 Å². The first-order valence-electron chi connectivity index (χ1n) is 6.07. The summed E-state index contributed by atoms with van der Waals surface area (Å²) >= 11 is 0. The van der Waals surface area contributed by atoms with Crippen LogP contribution in [-0.4, -0.2) is 14.5 Å². The molecule has 2 rings (SSSR count). The number of rotatable bonds is 4. The molecule has 1 aromatic carbocycles. The van der Waals surface area contributed by atoms with Gasteiger partial charge in [0.1, 0.15) is 5.69 Å². The van der Waals surface area contributed by atoms with Crippen molar-refractivity contribution in [2.45, 2.75) is 43.0 Å². The van der Waals surface area contributed by atoms with Crippen LogP contribution in [0.4, 0.5) is 5.69 Å². The largest absolute Gasteiger partial charge is 0.240 e. The highest BCUT2D eigenvalue weighted by Gasteiger charge is 2.21. The Morgan fingerprint density at radius 1 is 1.06 bits per heavy atom. The Morgan fingerprint density at radius 2 is 1.67 bits per heavy atom. The van der Waals surface area contributed by atoms with Crippen molar-refractivity contribution >= 4 is 15.7 Å². The molecule has 0 radical (unpaired) electrons. The zero-order chi connectivity index (χ0) is 13.0. The lowest BCUT2D eigenvalue weighted by atomic mass is 9.96. The standard InChI is InChI=1S/C12H16N2O3S/c15-13-10-6-8-12(9-7-10)18(16,17)14-11-4-2-1-3-5-11/h6-9,11,14H,1-5H2. The van der Waals surface area contributed by atoms with Crippen LogP contribution in [0.5, 0.6) is 0 Å². The molecule has 1 aliphatic rings. The third-order valence-electron chi connectivity index (χ3n) is 3.18. The Kier molecular flexibility index (Phi) is 4.08. The van der Waals surface area contributed by atoms with Gasteiger partial charge in [-0.25, -0.2) is 13.1 Å². The Bertz CT molecular complexity index is 505. The molecule has 5 nitrogen and oxygen atoms in total. The number of hydrogen-bond acceptors (Lipinski definition) is 4. The Hall–Kier alpha value is -1.27. The number of sulfonamides is 1. The van der Waals surface area contributed by atoms with Crippen LogP contribution in [0.15, 0.2) is 34.3 Å². The van der Waals surface area contributed by atoms with Crippen molar-refractivity contribution in [2.24, 2.45) is 5.18 Å². The summed E-state index contributed by atoms with van der Waals surface area (Å²) in [6.07, 6.45) is 5.11. The van der Waals surface area contributed by atoms with Crippen molar-refractivity contribution in [1.29, 1.82) is 0 Å². The fraction of sp³-hybridized carbons (Fsp3) is 0.500. The van der Waals surface area contributed by atoms with Crippen LogP contribution in [-0.2, 0) is 10.0 Å². The van der Waals surface area contributed by atoms with E-state index in [4.69, 9.17) is 0 Å². The van der Waals surface area contributed by atoms with Gasteiger partial charge >= 0.3 is 0 Å². The highest BCUT2D eigenvalue weighted by Crippen LogP contribution is 2.21. The normalized spacial score (nSPS) is 17.6. The van der Waals surface area contributed by atoms with E-state index in [9.17, 15) is 13.3 Å². The molecule has 18 heavy (non-hydrogen) atoms. The fourth-order valence-electron chi connectivity index (χ4n) is 2.19. The van der Waals surface area contributed by atoms with E-state index in [0.29, 0.717) is 0 Å². The topological polar surface area (TPSA) is 75.6 Å². The van der Waals surface area contributed by atoms with Crippen LogP contribution in [0.25, 0.3) is 0 Å². The highest BCUT2D eigenvalue weighted by atomic mass is 32.2. The summed E-state index contributed by atoms with van der Waals surface area (Å²) in [5.41, 5.74) is 0.228. The second kappa shape index (κ2) is 5.58. The average molecular weight is 268 g/mol. The number of nitrogens with zero attached hydrogens (tertiary/aromatic N) is 1. The highest BCUT2D eigenvalue weighted by molar-refractivity contribution is 7.89. The van der Waals surface area contributed by atoms with Gasteiger partial charge in [-0.1, -0.05) is 19.3 Å². The molecule has 0 heterocycles. The molecule has 0 bridgehead atoms. The van der Waals surface area contributed by atoms with Gasteiger partial charge in [0.15, 0.2) is 0 Å². The molecule has 0 aromatic heterocycles. The predicted molar refractivity (Wildman–Crippen MR) is 69.1 cm³/mol. The second-order valence-electron chi connectivity index (χ2n) is 4.54. The molecular weight excluding hydrogens is 252 g/mol. The zero-order valence-electron chi connectivity index (χ0n) is 10.0. The lowest BCUT2D eigenvalue weighted by Crippen LogP contribution is -2.36. The summed E-state index contributed by atoms with van der Waals surface area (Å²) in [5.74, 6) is 0. The lowest BCUT2D eigenvalue weighted by Gasteiger charge is -2.22. The van der Waals surface area contributed by atoms with Crippen LogP contribution in [0.2, 0.25) is 0 Å². The molecule has 1 aromatic rings. The van der Waals surface area contributed by atoms with Gasteiger partial charge < -0.3 is 0 Å². The first kappa shape index (κ1) is 13.2. The molecular formula is C12H16N2O3S. The lowest BCUT2D eigenvalue weighted by molar-refractivity contribution is 0.412. The van der Waals surface area contributed by atoms with Gasteiger partial charge in [-0.15, -0.1) is 4.91 Å². The van der Waals surface area contributed by atoms with Crippen molar-refractivity contribution in [1.82, 2.24) is 4.72 Å². The van der Waals surface area contributed by atoms with Crippen LogP contribution >= 0.6 is 0 Å². The maximum Gasteiger partial charge on any atom is 0.240 e. The molecule has 0 aliphatic heterocycles. The maximum atomic E-state index is 12.1. The molecule has 1 aliphatic carbocycles. The Labute approximate surface area is 107 Å². The van der Waals surface area contributed by atoms with Crippen LogP contribution in [0, 0.1) is 4.91 Å². The molecule has 1 saturated carbocycles. The van der Waals surface area contributed by atoms with E-state index in [2.05, 4.69) is 9.90 Å². The zero-order valence-corrected chi connectivity index (χ0v) is 10.8. The van der Waals surface area contributed by atoms with Gasteiger partial charge in [0.25, 0.3) is 0 Å². The van der Waals surface area contributed by atoms with Gasteiger partial charge in [-0.3, -0.25) is 0 Å². The SMILES string of the molecule is O=Nc1ccc(S(=O)(=O)NC2CCCCC2)cc1. The number of nitrogens with one attached hydrogen (secondary N) is 1. The summed E-state index contributed by atoms with van der Waals surface area (Å²) in [5, 5.41) is 2.74. The Morgan fingerprint density at radius 3 is 2.22 bits per heavy atom.